The Morgan fingerprint density at radius 1 is 1.00 bits per heavy atom. The zero-order valence-electron chi connectivity index (χ0n) is 21.8. The van der Waals surface area contributed by atoms with Crippen molar-refractivity contribution in [3.05, 3.63) is 65.4 Å². The average molecular weight is 526 g/mol. The van der Waals surface area contributed by atoms with Gasteiger partial charge < -0.3 is 19.4 Å². The van der Waals surface area contributed by atoms with Gasteiger partial charge in [-0.05, 0) is 57.6 Å². The number of ether oxygens (including phenoxy) is 1. The summed E-state index contributed by atoms with van der Waals surface area (Å²) >= 11 is 0. The largest absolute Gasteiger partial charge is 0.476 e. The number of anilines is 2. The molecular weight excluding hydrogens is 495 g/mol. The molecule has 0 saturated carbocycles. The van der Waals surface area contributed by atoms with Crippen molar-refractivity contribution >= 4 is 17.3 Å². The van der Waals surface area contributed by atoms with Gasteiger partial charge in [-0.1, -0.05) is 6.07 Å². The lowest BCUT2D eigenvalue weighted by molar-refractivity contribution is -0.126. The van der Waals surface area contributed by atoms with Crippen LogP contribution in [0.2, 0.25) is 0 Å². The molecule has 200 valence electrons. The van der Waals surface area contributed by atoms with Crippen LogP contribution in [0.5, 0.6) is 5.75 Å². The van der Waals surface area contributed by atoms with Crippen molar-refractivity contribution in [3.63, 3.8) is 0 Å². The summed E-state index contributed by atoms with van der Waals surface area (Å²) in [5.41, 5.74) is 1.44. The van der Waals surface area contributed by atoms with Crippen LogP contribution in [0.25, 0.3) is 11.3 Å². The third-order valence-corrected chi connectivity index (χ3v) is 6.97. The van der Waals surface area contributed by atoms with Gasteiger partial charge in [-0.2, -0.15) is 0 Å². The van der Waals surface area contributed by atoms with E-state index in [0.717, 1.165) is 38.4 Å². The van der Waals surface area contributed by atoms with Crippen molar-refractivity contribution in [1.82, 2.24) is 14.9 Å². The molecule has 3 aromatic rings. The van der Waals surface area contributed by atoms with E-state index in [2.05, 4.69) is 14.9 Å². The van der Waals surface area contributed by atoms with Crippen LogP contribution in [-0.4, -0.2) is 66.1 Å². The second-order valence-electron chi connectivity index (χ2n) is 10.1. The van der Waals surface area contributed by atoms with E-state index in [9.17, 15) is 13.6 Å². The molecule has 1 atom stereocenters. The molecule has 5 rings (SSSR count). The van der Waals surface area contributed by atoms with Gasteiger partial charge in [0.2, 0.25) is 0 Å². The number of halogens is 3. The lowest BCUT2D eigenvalue weighted by atomic mass is 10.0. The Kier molecular flexibility index (Phi) is 7.00. The fourth-order valence-corrected chi connectivity index (χ4v) is 4.92. The summed E-state index contributed by atoms with van der Waals surface area (Å²) in [7, 11) is 2.04. The molecule has 1 unspecified atom stereocenters. The first kappa shape index (κ1) is 26.0. The molecule has 0 spiro atoms. The monoisotopic (exact) mass is 525 g/mol. The van der Waals surface area contributed by atoms with Crippen LogP contribution >= 0.6 is 0 Å². The van der Waals surface area contributed by atoms with E-state index < -0.39 is 17.7 Å². The third-order valence-electron chi connectivity index (χ3n) is 6.97. The number of rotatable bonds is 5. The number of hydrogen-bond donors (Lipinski definition) is 0. The van der Waals surface area contributed by atoms with Gasteiger partial charge in [0.25, 0.3) is 5.91 Å². The smallest absolute Gasteiger partial charge is 0.268 e. The van der Waals surface area contributed by atoms with E-state index in [-0.39, 0.29) is 52.7 Å². The zero-order chi connectivity index (χ0) is 27.1. The first-order chi connectivity index (χ1) is 18.1. The van der Waals surface area contributed by atoms with Gasteiger partial charge in [0.1, 0.15) is 17.3 Å². The highest BCUT2D eigenvalue weighted by atomic mass is 19.1. The summed E-state index contributed by atoms with van der Waals surface area (Å²) in [6.07, 6.45) is 0.349. The molecule has 10 heteroatoms. The van der Waals surface area contributed by atoms with Crippen LogP contribution in [0.3, 0.4) is 0 Å². The summed E-state index contributed by atoms with van der Waals surface area (Å²) < 4.78 is 50.5. The Balaban J connectivity index is 1.44. The number of benzene rings is 2. The molecule has 3 heterocycles. The molecule has 0 bridgehead atoms. The maximum atomic E-state index is 15.1. The van der Waals surface area contributed by atoms with E-state index in [4.69, 9.17) is 4.74 Å². The van der Waals surface area contributed by atoms with Gasteiger partial charge >= 0.3 is 0 Å². The van der Waals surface area contributed by atoms with Gasteiger partial charge in [0.05, 0.1) is 17.6 Å². The standard InChI is InChI=1S/C28H30F3N5O2/c1-16(2)36-24-14-19(13-21(30)27(24)38-17(3)28(36)37)26-22(31)15-32-25(33-26)12-18-5-6-23(20(29)11-18)35-9-7-34(4)8-10-35/h5-6,11,13-17H,7-10,12H2,1-4H3. The van der Waals surface area contributed by atoms with Crippen molar-refractivity contribution < 1.29 is 22.7 Å². The first-order valence-electron chi connectivity index (χ1n) is 12.7. The highest BCUT2D eigenvalue weighted by molar-refractivity contribution is 6.01. The topological polar surface area (TPSA) is 61.8 Å². The number of carbonyl (C=O) groups is 1. The second kappa shape index (κ2) is 10.2. The molecule has 2 aliphatic rings. The lowest BCUT2D eigenvalue weighted by Gasteiger charge is -2.36. The van der Waals surface area contributed by atoms with Crippen LogP contribution < -0.4 is 14.5 Å². The third kappa shape index (κ3) is 4.92. The van der Waals surface area contributed by atoms with Crippen LogP contribution in [0.15, 0.2) is 36.5 Å². The van der Waals surface area contributed by atoms with Crippen molar-refractivity contribution in [2.45, 2.75) is 39.3 Å². The van der Waals surface area contributed by atoms with Gasteiger partial charge in [-0.25, -0.2) is 23.1 Å². The highest BCUT2D eigenvalue weighted by Gasteiger charge is 2.35. The molecule has 0 N–H and O–H groups in total. The number of aromatic nitrogens is 2. The minimum atomic E-state index is -0.837. The van der Waals surface area contributed by atoms with Crippen molar-refractivity contribution in [3.8, 4) is 17.0 Å². The van der Waals surface area contributed by atoms with Crippen LogP contribution in [0, 0.1) is 17.5 Å². The number of fused-ring (bicyclic) bond motifs is 1. The molecule has 0 aliphatic carbocycles. The maximum Gasteiger partial charge on any atom is 0.268 e. The molecule has 1 saturated heterocycles. The number of likely N-dealkylation sites (N-methyl/N-ethyl adjacent to an activating group) is 1. The fraction of sp³-hybridized carbons (Fsp3) is 0.393. The van der Waals surface area contributed by atoms with Gasteiger partial charge in [-0.3, -0.25) is 4.79 Å². The molecule has 1 amide bonds. The minimum absolute atomic E-state index is 0.0554. The molecule has 2 aromatic carbocycles. The molecule has 2 aliphatic heterocycles. The highest BCUT2D eigenvalue weighted by Crippen LogP contribution is 2.41. The Morgan fingerprint density at radius 2 is 1.74 bits per heavy atom. The second-order valence-corrected chi connectivity index (χ2v) is 10.1. The predicted octanol–water partition coefficient (Wildman–Crippen LogP) is 4.43. The van der Waals surface area contributed by atoms with Gasteiger partial charge in [-0.15, -0.1) is 0 Å². The quantitative estimate of drug-likeness (QED) is 0.492. The number of amides is 1. The van der Waals surface area contributed by atoms with Crippen LogP contribution in [0.1, 0.15) is 32.2 Å². The molecular formula is C28H30F3N5O2. The van der Waals surface area contributed by atoms with Crippen molar-refractivity contribution in [1.29, 1.82) is 0 Å². The Morgan fingerprint density at radius 3 is 2.42 bits per heavy atom. The molecule has 38 heavy (non-hydrogen) atoms. The van der Waals surface area contributed by atoms with Crippen molar-refractivity contribution in [2.24, 2.45) is 0 Å². The Bertz CT molecular complexity index is 1370. The van der Waals surface area contributed by atoms with E-state index in [1.165, 1.54) is 17.0 Å². The SMILES string of the molecule is CC1Oc2c(F)cc(-c3nc(Cc4ccc(N5CCN(C)CC5)c(F)c4)ncc3F)cc2N(C(C)C)C1=O. The minimum Gasteiger partial charge on any atom is -0.476 e. The van der Waals surface area contributed by atoms with Crippen LogP contribution in [0.4, 0.5) is 24.5 Å². The van der Waals surface area contributed by atoms with Gasteiger partial charge in [0, 0.05) is 44.2 Å². The van der Waals surface area contributed by atoms with E-state index in [1.807, 2.05) is 31.9 Å². The van der Waals surface area contributed by atoms with E-state index in [0.29, 0.717) is 11.3 Å². The van der Waals surface area contributed by atoms with Gasteiger partial charge in [0.15, 0.2) is 23.5 Å². The summed E-state index contributed by atoms with van der Waals surface area (Å²) in [6.45, 7) is 8.40. The predicted molar refractivity (Wildman–Crippen MR) is 139 cm³/mol. The average Bonchev–Trinajstić information content (AvgIpc) is 2.87. The Hall–Kier alpha value is -3.66. The van der Waals surface area contributed by atoms with Crippen LogP contribution in [-0.2, 0) is 11.2 Å². The zero-order valence-corrected chi connectivity index (χ0v) is 21.8. The Labute approximate surface area is 219 Å². The summed E-state index contributed by atoms with van der Waals surface area (Å²) in [5, 5.41) is 0. The van der Waals surface area contributed by atoms with E-state index in [1.54, 1.807) is 13.0 Å². The lowest BCUT2D eigenvalue weighted by Crippen LogP contribution is -2.48. The first-order valence-corrected chi connectivity index (χ1v) is 12.7. The summed E-state index contributed by atoms with van der Waals surface area (Å²) in [4.78, 5) is 26.8. The normalized spacial score (nSPS) is 18.1. The number of carbonyl (C=O) groups excluding carboxylic acids is 1. The summed E-state index contributed by atoms with van der Waals surface area (Å²) in [6, 6.07) is 7.38. The number of nitrogens with zero attached hydrogens (tertiary/aromatic N) is 5. The molecule has 1 aromatic heterocycles. The number of hydrogen-bond acceptors (Lipinski definition) is 6. The molecule has 1 fully saturated rings. The maximum absolute atomic E-state index is 15.1. The summed E-state index contributed by atoms with van der Waals surface area (Å²) in [5.74, 6) is -1.90. The van der Waals surface area contributed by atoms with Crippen molar-refractivity contribution in [2.75, 3.05) is 43.0 Å². The van der Waals surface area contributed by atoms with E-state index >= 15 is 4.39 Å². The number of piperazine rings is 1. The molecule has 0 radical (unpaired) electrons. The fourth-order valence-electron chi connectivity index (χ4n) is 4.92. The molecule has 7 nitrogen and oxygen atoms in total.